The number of aromatic nitrogens is 2. The number of nitrogens with zero attached hydrogens (tertiary/aromatic N) is 1. The van der Waals surface area contributed by atoms with Crippen LogP contribution in [0.15, 0.2) is 6.20 Å². The smallest absolute Gasteiger partial charge is 0.314 e. The van der Waals surface area contributed by atoms with E-state index in [1.54, 1.807) is 0 Å². The van der Waals surface area contributed by atoms with Gasteiger partial charge in [0.25, 0.3) is 0 Å². The number of hydrogen-bond donors (Lipinski definition) is 3. The lowest BCUT2D eigenvalue weighted by molar-refractivity contribution is 0.111. The first-order chi connectivity index (χ1) is 9.25. The van der Waals surface area contributed by atoms with Crippen molar-refractivity contribution in [1.29, 1.82) is 0 Å². The van der Waals surface area contributed by atoms with Crippen LogP contribution in [0.25, 0.3) is 0 Å². The Kier molecular flexibility index (Phi) is 5.20. The molecule has 0 bridgehead atoms. The second kappa shape index (κ2) is 7.13. The summed E-state index contributed by atoms with van der Waals surface area (Å²) in [5, 5.41) is 12.6. The van der Waals surface area contributed by atoms with Crippen LogP contribution in [0.4, 0.5) is 4.79 Å². The molecular weight excluding hydrogens is 244 g/mol. The third kappa shape index (κ3) is 4.55. The number of nitrogens with one attached hydrogen (secondary N) is 3. The maximum Gasteiger partial charge on any atom is 0.314 e. The predicted molar refractivity (Wildman–Crippen MR) is 72.0 cm³/mol. The van der Waals surface area contributed by atoms with Crippen molar-refractivity contribution in [3.8, 4) is 0 Å². The summed E-state index contributed by atoms with van der Waals surface area (Å²) >= 11 is 0. The van der Waals surface area contributed by atoms with Crippen molar-refractivity contribution in [2.24, 2.45) is 0 Å². The molecule has 1 aromatic rings. The second-order valence-electron chi connectivity index (χ2n) is 4.90. The number of ether oxygens (including phenoxy) is 1. The highest BCUT2D eigenvalue weighted by Crippen LogP contribution is 2.10. The first-order valence-corrected chi connectivity index (χ1v) is 6.88. The minimum absolute atomic E-state index is 0.112. The third-order valence-corrected chi connectivity index (χ3v) is 3.36. The molecule has 1 saturated heterocycles. The van der Waals surface area contributed by atoms with Crippen molar-refractivity contribution in [3.63, 3.8) is 0 Å². The van der Waals surface area contributed by atoms with Gasteiger partial charge in [0.05, 0.1) is 12.3 Å². The standard InChI is InChI=1S/C13H22N4O2/c1-10-11(8-16-17-10)4-2-6-14-13(18)15-9-12-5-3-7-19-12/h8,12H,2-7,9H2,1H3,(H,16,17)(H2,14,15,18). The van der Waals surface area contributed by atoms with Gasteiger partial charge in [-0.05, 0) is 38.2 Å². The van der Waals surface area contributed by atoms with Crippen molar-refractivity contribution >= 4 is 6.03 Å². The van der Waals surface area contributed by atoms with Crippen molar-refractivity contribution in [2.45, 2.75) is 38.7 Å². The molecule has 1 aliphatic rings. The van der Waals surface area contributed by atoms with Crippen molar-refractivity contribution in [1.82, 2.24) is 20.8 Å². The number of aromatic amines is 1. The fourth-order valence-electron chi connectivity index (χ4n) is 2.18. The van der Waals surface area contributed by atoms with Gasteiger partial charge in [0.1, 0.15) is 0 Å². The maximum atomic E-state index is 11.5. The van der Waals surface area contributed by atoms with Crippen LogP contribution in [0.5, 0.6) is 0 Å². The summed E-state index contributed by atoms with van der Waals surface area (Å²) in [5.74, 6) is 0. The molecule has 0 spiro atoms. The van der Waals surface area contributed by atoms with Gasteiger partial charge >= 0.3 is 6.03 Å². The lowest BCUT2D eigenvalue weighted by atomic mass is 10.1. The number of rotatable bonds is 6. The van der Waals surface area contributed by atoms with Crippen LogP contribution < -0.4 is 10.6 Å². The van der Waals surface area contributed by atoms with Crippen LogP contribution in [-0.2, 0) is 11.2 Å². The van der Waals surface area contributed by atoms with Gasteiger partial charge in [-0.25, -0.2) is 4.79 Å². The molecule has 1 aliphatic heterocycles. The number of aryl methyl sites for hydroxylation is 2. The molecule has 1 unspecified atom stereocenters. The monoisotopic (exact) mass is 266 g/mol. The van der Waals surface area contributed by atoms with Crippen molar-refractivity contribution in [3.05, 3.63) is 17.5 Å². The molecule has 1 atom stereocenters. The van der Waals surface area contributed by atoms with Crippen LogP contribution in [0.1, 0.15) is 30.5 Å². The summed E-state index contributed by atoms with van der Waals surface area (Å²) in [6.07, 6.45) is 6.01. The number of urea groups is 1. The van der Waals surface area contributed by atoms with E-state index in [1.807, 2.05) is 13.1 Å². The number of H-pyrrole nitrogens is 1. The van der Waals surface area contributed by atoms with E-state index in [4.69, 9.17) is 4.74 Å². The lowest BCUT2D eigenvalue weighted by Gasteiger charge is -2.11. The van der Waals surface area contributed by atoms with E-state index >= 15 is 0 Å². The van der Waals surface area contributed by atoms with Gasteiger partial charge in [0.15, 0.2) is 0 Å². The molecule has 1 fully saturated rings. The van der Waals surface area contributed by atoms with Crippen LogP contribution >= 0.6 is 0 Å². The van der Waals surface area contributed by atoms with Gasteiger partial charge in [-0.3, -0.25) is 5.10 Å². The van der Waals surface area contributed by atoms with E-state index in [0.29, 0.717) is 13.1 Å². The summed E-state index contributed by atoms with van der Waals surface area (Å²) in [6.45, 7) is 4.09. The predicted octanol–water partition coefficient (Wildman–Crippen LogP) is 1.13. The molecule has 3 N–H and O–H groups in total. The molecule has 1 aromatic heterocycles. The molecule has 0 aliphatic carbocycles. The number of carbonyl (C=O) groups excluding carboxylic acids is 1. The topological polar surface area (TPSA) is 79.0 Å². The molecule has 6 nitrogen and oxygen atoms in total. The molecule has 106 valence electrons. The number of carbonyl (C=O) groups is 1. The van der Waals surface area contributed by atoms with Gasteiger partial charge in [0, 0.05) is 25.4 Å². The van der Waals surface area contributed by atoms with Gasteiger partial charge in [0.2, 0.25) is 0 Å². The summed E-state index contributed by atoms with van der Waals surface area (Å²) in [6, 6.07) is -0.112. The van der Waals surface area contributed by atoms with Crippen LogP contribution in [0.3, 0.4) is 0 Å². The fraction of sp³-hybridized carbons (Fsp3) is 0.692. The zero-order valence-electron chi connectivity index (χ0n) is 11.4. The Morgan fingerprint density at radius 3 is 3.16 bits per heavy atom. The first-order valence-electron chi connectivity index (χ1n) is 6.88. The zero-order chi connectivity index (χ0) is 13.5. The Hall–Kier alpha value is -1.56. The highest BCUT2D eigenvalue weighted by atomic mass is 16.5. The SMILES string of the molecule is Cc1[nH]ncc1CCCNC(=O)NCC1CCCO1. The Morgan fingerprint density at radius 1 is 1.58 bits per heavy atom. The lowest BCUT2D eigenvalue weighted by Crippen LogP contribution is -2.40. The first kappa shape index (κ1) is 13.9. The molecule has 2 heterocycles. The van der Waals surface area contributed by atoms with Crippen molar-refractivity contribution in [2.75, 3.05) is 19.7 Å². The van der Waals surface area contributed by atoms with Gasteiger partial charge in [-0.1, -0.05) is 0 Å². The Bertz CT molecular complexity index is 399. The largest absolute Gasteiger partial charge is 0.376 e. The van der Waals surface area contributed by atoms with Gasteiger partial charge < -0.3 is 15.4 Å². The third-order valence-electron chi connectivity index (χ3n) is 3.36. The summed E-state index contributed by atoms with van der Waals surface area (Å²) < 4.78 is 5.44. The van der Waals surface area contributed by atoms with Crippen LogP contribution in [0, 0.1) is 6.92 Å². The molecule has 0 radical (unpaired) electrons. The Morgan fingerprint density at radius 2 is 2.47 bits per heavy atom. The fourth-order valence-corrected chi connectivity index (χ4v) is 2.18. The summed E-state index contributed by atoms with van der Waals surface area (Å²) in [5.41, 5.74) is 2.31. The molecule has 0 aromatic carbocycles. The van der Waals surface area contributed by atoms with E-state index < -0.39 is 0 Å². The van der Waals surface area contributed by atoms with E-state index in [0.717, 1.165) is 38.0 Å². The van der Waals surface area contributed by atoms with E-state index in [2.05, 4.69) is 20.8 Å². The molecular formula is C13H22N4O2. The Labute approximate surface area is 113 Å². The van der Waals surface area contributed by atoms with Crippen LogP contribution in [0.2, 0.25) is 0 Å². The maximum absolute atomic E-state index is 11.5. The number of hydrogen-bond acceptors (Lipinski definition) is 3. The molecule has 2 rings (SSSR count). The van der Waals surface area contributed by atoms with Gasteiger partial charge in [-0.2, -0.15) is 5.10 Å². The quantitative estimate of drug-likeness (QED) is 0.675. The molecule has 2 amide bonds. The highest BCUT2D eigenvalue weighted by Gasteiger charge is 2.15. The Balaban J connectivity index is 1.52. The summed E-state index contributed by atoms with van der Waals surface area (Å²) in [7, 11) is 0. The van der Waals surface area contributed by atoms with Gasteiger partial charge in [-0.15, -0.1) is 0 Å². The van der Waals surface area contributed by atoms with Crippen molar-refractivity contribution < 1.29 is 9.53 Å². The summed E-state index contributed by atoms with van der Waals surface area (Å²) in [4.78, 5) is 11.5. The van der Waals surface area contributed by atoms with E-state index in [9.17, 15) is 4.79 Å². The molecule has 19 heavy (non-hydrogen) atoms. The van der Waals surface area contributed by atoms with Crippen LogP contribution in [-0.4, -0.2) is 42.0 Å². The molecule has 0 saturated carbocycles. The number of amides is 2. The minimum Gasteiger partial charge on any atom is -0.376 e. The minimum atomic E-state index is -0.112. The normalized spacial score (nSPS) is 18.5. The average molecular weight is 266 g/mol. The highest BCUT2D eigenvalue weighted by molar-refractivity contribution is 5.73. The van der Waals surface area contributed by atoms with E-state index in [-0.39, 0.29) is 12.1 Å². The molecule has 6 heteroatoms. The van der Waals surface area contributed by atoms with E-state index in [1.165, 1.54) is 5.56 Å². The average Bonchev–Trinajstić information content (AvgIpc) is 3.04. The zero-order valence-corrected chi connectivity index (χ0v) is 11.4. The second-order valence-corrected chi connectivity index (χ2v) is 4.90.